The zero-order chi connectivity index (χ0) is 13.7. The third-order valence-corrected chi connectivity index (χ3v) is 3.36. The first-order valence-electron chi connectivity index (χ1n) is 6.62. The molecule has 0 aromatic heterocycles. The number of carbonyl (C=O) groups is 2. The molecule has 100 valence electrons. The van der Waals surface area contributed by atoms with Gasteiger partial charge in [-0.1, -0.05) is 20.3 Å². The molecule has 1 aliphatic heterocycles. The minimum atomic E-state index is -0.384. The molecule has 3 atom stereocenters. The van der Waals surface area contributed by atoms with E-state index in [1.165, 1.54) is 0 Å². The van der Waals surface area contributed by atoms with Crippen LogP contribution >= 0.6 is 0 Å². The average molecular weight is 250 g/mol. The number of hydrogen-bond donors (Lipinski definition) is 1. The molecule has 0 aromatic rings. The van der Waals surface area contributed by atoms with E-state index in [1.807, 2.05) is 20.8 Å². The van der Waals surface area contributed by atoms with Crippen molar-refractivity contribution in [1.29, 1.82) is 0 Å². The molecule has 2 amide bonds. The Morgan fingerprint density at radius 3 is 2.61 bits per heavy atom. The van der Waals surface area contributed by atoms with Gasteiger partial charge in [0.15, 0.2) is 0 Å². The van der Waals surface area contributed by atoms with Crippen molar-refractivity contribution < 1.29 is 9.59 Å². The van der Waals surface area contributed by atoms with Gasteiger partial charge in [-0.15, -0.1) is 12.3 Å². The second-order valence-corrected chi connectivity index (χ2v) is 4.78. The zero-order valence-electron chi connectivity index (χ0n) is 11.4. The highest BCUT2D eigenvalue weighted by Gasteiger charge is 2.40. The highest BCUT2D eigenvalue weighted by atomic mass is 16.2. The highest BCUT2D eigenvalue weighted by molar-refractivity contribution is 5.97. The zero-order valence-corrected chi connectivity index (χ0v) is 11.4. The van der Waals surface area contributed by atoms with Crippen LogP contribution in [0.4, 0.5) is 0 Å². The van der Waals surface area contributed by atoms with E-state index in [0.717, 1.165) is 6.42 Å². The van der Waals surface area contributed by atoms with Gasteiger partial charge in [0.2, 0.25) is 11.8 Å². The molecule has 1 fully saturated rings. The SMILES string of the molecule is C#CCC(C)N1C(=O)C(CCC)NC(=O)C1CC. The fourth-order valence-electron chi connectivity index (χ4n) is 2.45. The molecular formula is C14H22N2O2. The molecule has 4 nitrogen and oxygen atoms in total. The lowest BCUT2D eigenvalue weighted by Gasteiger charge is -2.41. The van der Waals surface area contributed by atoms with E-state index in [2.05, 4.69) is 11.2 Å². The Bertz CT molecular complexity index is 359. The standard InChI is InChI=1S/C14H22N2O2/c1-5-8-10(4)16-12(7-3)13(17)15-11(9-6-2)14(16)18/h1,10-12H,6-9H2,2-4H3,(H,15,17). The predicted molar refractivity (Wildman–Crippen MR) is 70.7 cm³/mol. The Morgan fingerprint density at radius 1 is 1.44 bits per heavy atom. The first-order valence-corrected chi connectivity index (χ1v) is 6.62. The number of piperazine rings is 1. The monoisotopic (exact) mass is 250 g/mol. The lowest BCUT2D eigenvalue weighted by Crippen LogP contribution is -2.65. The summed E-state index contributed by atoms with van der Waals surface area (Å²) in [4.78, 5) is 26.1. The van der Waals surface area contributed by atoms with Crippen LogP contribution in [0.5, 0.6) is 0 Å². The smallest absolute Gasteiger partial charge is 0.246 e. The summed E-state index contributed by atoms with van der Waals surface area (Å²) in [6.07, 6.45) is 7.95. The van der Waals surface area contributed by atoms with Crippen molar-refractivity contribution in [3.05, 3.63) is 0 Å². The van der Waals surface area contributed by atoms with Crippen molar-refractivity contribution in [2.75, 3.05) is 0 Å². The molecule has 3 unspecified atom stereocenters. The number of nitrogens with zero attached hydrogens (tertiary/aromatic N) is 1. The summed E-state index contributed by atoms with van der Waals surface area (Å²) >= 11 is 0. The molecule has 0 aromatic carbocycles. The third kappa shape index (κ3) is 2.84. The largest absolute Gasteiger partial charge is 0.343 e. The van der Waals surface area contributed by atoms with Gasteiger partial charge in [-0.25, -0.2) is 0 Å². The Hall–Kier alpha value is -1.50. The van der Waals surface area contributed by atoms with Crippen molar-refractivity contribution in [1.82, 2.24) is 10.2 Å². The van der Waals surface area contributed by atoms with E-state index in [-0.39, 0.29) is 29.9 Å². The normalized spacial score (nSPS) is 25.6. The molecule has 1 rings (SSSR count). The van der Waals surface area contributed by atoms with Crippen molar-refractivity contribution >= 4 is 11.8 Å². The van der Waals surface area contributed by atoms with Crippen LogP contribution in [-0.4, -0.2) is 34.8 Å². The molecule has 1 aliphatic rings. The predicted octanol–water partition coefficient (Wildman–Crippen LogP) is 1.30. The number of hydrogen-bond acceptors (Lipinski definition) is 2. The second-order valence-electron chi connectivity index (χ2n) is 4.78. The molecule has 0 aliphatic carbocycles. The van der Waals surface area contributed by atoms with Crippen molar-refractivity contribution in [2.24, 2.45) is 0 Å². The number of amides is 2. The first kappa shape index (κ1) is 14.6. The summed E-state index contributed by atoms with van der Waals surface area (Å²) in [7, 11) is 0. The molecule has 0 bridgehead atoms. The number of carbonyl (C=O) groups excluding carboxylic acids is 2. The average Bonchev–Trinajstić information content (AvgIpc) is 2.33. The maximum Gasteiger partial charge on any atom is 0.246 e. The van der Waals surface area contributed by atoms with Crippen LogP contribution in [0.25, 0.3) is 0 Å². The Labute approximate surface area is 109 Å². The first-order chi connectivity index (χ1) is 8.56. The molecule has 0 spiro atoms. The van der Waals surface area contributed by atoms with Crippen LogP contribution in [-0.2, 0) is 9.59 Å². The molecule has 0 saturated carbocycles. The maximum absolute atomic E-state index is 12.4. The molecule has 1 saturated heterocycles. The van der Waals surface area contributed by atoms with Gasteiger partial charge in [-0.3, -0.25) is 9.59 Å². The fourth-order valence-corrected chi connectivity index (χ4v) is 2.45. The van der Waals surface area contributed by atoms with Gasteiger partial charge < -0.3 is 10.2 Å². The quantitative estimate of drug-likeness (QED) is 0.748. The number of nitrogens with one attached hydrogen (secondary N) is 1. The van der Waals surface area contributed by atoms with Gasteiger partial charge in [0, 0.05) is 12.5 Å². The second kappa shape index (κ2) is 6.44. The van der Waals surface area contributed by atoms with Gasteiger partial charge in [0.1, 0.15) is 12.1 Å². The fraction of sp³-hybridized carbons (Fsp3) is 0.714. The van der Waals surface area contributed by atoms with Gasteiger partial charge in [0.25, 0.3) is 0 Å². The summed E-state index contributed by atoms with van der Waals surface area (Å²) < 4.78 is 0. The number of terminal acetylenes is 1. The van der Waals surface area contributed by atoms with Crippen LogP contribution in [0.1, 0.15) is 46.5 Å². The van der Waals surface area contributed by atoms with Gasteiger partial charge in [-0.2, -0.15) is 0 Å². The van der Waals surface area contributed by atoms with E-state index >= 15 is 0 Å². The molecule has 0 radical (unpaired) electrons. The van der Waals surface area contributed by atoms with Crippen LogP contribution in [0.2, 0.25) is 0 Å². The van der Waals surface area contributed by atoms with Crippen molar-refractivity contribution in [2.45, 2.75) is 64.6 Å². The topological polar surface area (TPSA) is 49.4 Å². The maximum atomic E-state index is 12.4. The lowest BCUT2D eigenvalue weighted by molar-refractivity contribution is -0.152. The lowest BCUT2D eigenvalue weighted by atomic mass is 9.99. The summed E-state index contributed by atoms with van der Waals surface area (Å²) in [6, 6.07) is -0.850. The van der Waals surface area contributed by atoms with E-state index in [4.69, 9.17) is 6.42 Å². The summed E-state index contributed by atoms with van der Waals surface area (Å²) in [6.45, 7) is 5.82. The van der Waals surface area contributed by atoms with Crippen LogP contribution in [0, 0.1) is 12.3 Å². The third-order valence-electron chi connectivity index (χ3n) is 3.36. The van der Waals surface area contributed by atoms with Crippen molar-refractivity contribution in [3.8, 4) is 12.3 Å². The Morgan fingerprint density at radius 2 is 2.11 bits per heavy atom. The molecule has 1 heterocycles. The van der Waals surface area contributed by atoms with E-state index in [1.54, 1.807) is 4.90 Å². The van der Waals surface area contributed by atoms with Gasteiger partial charge in [0.05, 0.1) is 0 Å². The Kier molecular flexibility index (Phi) is 5.21. The molecule has 1 N–H and O–H groups in total. The Balaban J connectivity index is 2.94. The minimum Gasteiger partial charge on any atom is -0.343 e. The van der Waals surface area contributed by atoms with E-state index < -0.39 is 0 Å². The molecule has 4 heteroatoms. The van der Waals surface area contributed by atoms with Crippen LogP contribution in [0.15, 0.2) is 0 Å². The van der Waals surface area contributed by atoms with E-state index in [0.29, 0.717) is 19.3 Å². The minimum absolute atomic E-state index is 0.00560. The summed E-state index contributed by atoms with van der Waals surface area (Å²) in [5.74, 6) is 2.52. The molecular weight excluding hydrogens is 228 g/mol. The van der Waals surface area contributed by atoms with Crippen LogP contribution in [0.3, 0.4) is 0 Å². The van der Waals surface area contributed by atoms with E-state index in [9.17, 15) is 9.59 Å². The summed E-state index contributed by atoms with van der Waals surface area (Å²) in [5, 5.41) is 2.81. The highest BCUT2D eigenvalue weighted by Crippen LogP contribution is 2.20. The summed E-state index contributed by atoms with van der Waals surface area (Å²) in [5.41, 5.74) is 0. The van der Waals surface area contributed by atoms with Crippen LogP contribution < -0.4 is 5.32 Å². The van der Waals surface area contributed by atoms with Gasteiger partial charge in [-0.05, 0) is 19.8 Å². The van der Waals surface area contributed by atoms with Crippen molar-refractivity contribution in [3.63, 3.8) is 0 Å². The van der Waals surface area contributed by atoms with Gasteiger partial charge >= 0.3 is 0 Å². The number of rotatable bonds is 5. The molecule has 18 heavy (non-hydrogen) atoms.